The lowest BCUT2D eigenvalue weighted by molar-refractivity contribution is -0.149. The normalized spacial score (nSPS) is 21.1. The van der Waals surface area contributed by atoms with Crippen LogP contribution in [0.4, 0.5) is 0 Å². The predicted molar refractivity (Wildman–Crippen MR) is 112 cm³/mol. The Bertz CT molecular complexity index is 865. The van der Waals surface area contributed by atoms with Crippen molar-refractivity contribution in [1.29, 1.82) is 0 Å². The first kappa shape index (κ1) is 20.7. The van der Waals surface area contributed by atoms with Crippen LogP contribution in [-0.2, 0) is 4.79 Å². The molecule has 6 nitrogen and oxygen atoms in total. The van der Waals surface area contributed by atoms with Crippen molar-refractivity contribution in [3.63, 3.8) is 0 Å². The molecule has 1 aromatic carbocycles. The minimum atomic E-state index is -0.280. The average Bonchev–Trinajstić information content (AvgIpc) is 2.75. The molecule has 3 rings (SSSR count). The van der Waals surface area contributed by atoms with E-state index in [0.717, 1.165) is 11.1 Å². The molecule has 1 aliphatic rings. The molecule has 1 saturated heterocycles. The highest BCUT2D eigenvalue weighted by molar-refractivity contribution is 5.94. The molecule has 1 fully saturated rings. The molecule has 2 heterocycles. The van der Waals surface area contributed by atoms with Crippen LogP contribution in [0.2, 0.25) is 0 Å². The van der Waals surface area contributed by atoms with Gasteiger partial charge in [-0.3, -0.25) is 14.6 Å². The Balaban J connectivity index is 1.80. The van der Waals surface area contributed by atoms with Crippen molar-refractivity contribution in [2.75, 3.05) is 13.2 Å². The Morgan fingerprint density at radius 2 is 1.83 bits per heavy atom. The molecular weight excluding hydrogens is 366 g/mol. The SMILES string of the molecule is C/C=C/c1ccc([C@@H]2[C@@H](CO)N(C(=O)CC)[C@H]2CNC(=O)c2ccncc2)cc1. The summed E-state index contributed by atoms with van der Waals surface area (Å²) in [6.45, 7) is 3.99. The summed E-state index contributed by atoms with van der Waals surface area (Å²) in [5, 5.41) is 12.9. The van der Waals surface area contributed by atoms with Gasteiger partial charge in [0.2, 0.25) is 5.91 Å². The van der Waals surface area contributed by atoms with E-state index in [0.29, 0.717) is 18.5 Å². The van der Waals surface area contributed by atoms with Gasteiger partial charge in [0.15, 0.2) is 0 Å². The maximum Gasteiger partial charge on any atom is 0.251 e. The van der Waals surface area contributed by atoms with Gasteiger partial charge in [0.25, 0.3) is 5.91 Å². The van der Waals surface area contributed by atoms with Gasteiger partial charge < -0.3 is 15.3 Å². The highest BCUT2D eigenvalue weighted by Gasteiger charge is 2.50. The number of likely N-dealkylation sites (tertiary alicyclic amines) is 1. The van der Waals surface area contributed by atoms with Crippen molar-refractivity contribution in [2.24, 2.45) is 0 Å². The second-order valence-corrected chi connectivity index (χ2v) is 7.11. The number of carbonyl (C=O) groups excluding carboxylic acids is 2. The number of allylic oxidation sites excluding steroid dienone is 1. The standard InChI is InChI=1S/C23H27N3O3/c1-3-5-16-6-8-17(9-7-16)22-19(26(20(22)15-27)21(28)4-2)14-25-23(29)18-10-12-24-13-11-18/h3,5-13,19-20,22,27H,4,14-15H2,1-2H3,(H,25,29)/b5-3+/t19-,20+,22-/m0/s1. The lowest BCUT2D eigenvalue weighted by atomic mass is 9.74. The van der Waals surface area contributed by atoms with Crippen molar-refractivity contribution < 1.29 is 14.7 Å². The number of aliphatic hydroxyl groups excluding tert-OH is 1. The second kappa shape index (κ2) is 9.47. The molecule has 1 aromatic heterocycles. The maximum absolute atomic E-state index is 12.5. The maximum atomic E-state index is 12.5. The summed E-state index contributed by atoms with van der Waals surface area (Å²) in [5.74, 6) is -0.257. The summed E-state index contributed by atoms with van der Waals surface area (Å²) in [5.41, 5.74) is 2.68. The van der Waals surface area contributed by atoms with Crippen LogP contribution in [0.15, 0.2) is 54.9 Å². The molecule has 0 unspecified atom stereocenters. The van der Waals surface area contributed by atoms with Gasteiger partial charge in [-0.05, 0) is 30.2 Å². The number of pyridine rings is 1. The first-order valence-corrected chi connectivity index (χ1v) is 9.93. The van der Waals surface area contributed by atoms with Crippen LogP contribution >= 0.6 is 0 Å². The summed E-state index contributed by atoms with van der Waals surface area (Å²) >= 11 is 0. The topological polar surface area (TPSA) is 82.5 Å². The molecule has 0 saturated carbocycles. The fraction of sp³-hybridized carbons (Fsp3) is 0.348. The van der Waals surface area contributed by atoms with E-state index in [9.17, 15) is 14.7 Å². The van der Waals surface area contributed by atoms with E-state index in [1.54, 1.807) is 29.4 Å². The number of aliphatic hydroxyl groups is 1. The lowest BCUT2D eigenvalue weighted by Gasteiger charge is -2.55. The van der Waals surface area contributed by atoms with Gasteiger partial charge in [-0.25, -0.2) is 0 Å². The Morgan fingerprint density at radius 1 is 1.14 bits per heavy atom. The number of carbonyl (C=O) groups is 2. The molecular formula is C23H27N3O3. The number of rotatable bonds is 7. The predicted octanol–water partition coefficient (Wildman–Crippen LogP) is 2.61. The second-order valence-electron chi connectivity index (χ2n) is 7.11. The number of hydrogen-bond acceptors (Lipinski definition) is 4. The molecule has 0 bridgehead atoms. The molecule has 2 aromatic rings. The van der Waals surface area contributed by atoms with Gasteiger partial charge in [-0.15, -0.1) is 0 Å². The number of aromatic nitrogens is 1. The van der Waals surface area contributed by atoms with Crippen molar-refractivity contribution >= 4 is 17.9 Å². The number of hydrogen-bond donors (Lipinski definition) is 2. The quantitative estimate of drug-likeness (QED) is 0.758. The van der Waals surface area contributed by atoms with Crippen molar-refractivity contribution in [3.8, 4) is 0 Å². The smallest absolute Gasteiger partial charge is 0.251 e. The zero-order valence-corrected chi connectivity index (χ0v) is 16.8. The van der Waals surface area contributed by atoms with Crippen LogP contribution in [-0.4, -0.2) is 52.0 Å². The van der Waals surface area contributed by atoms with Crippen LogP contribution < -0.4 is 5.32 Å². The lowest BCUT2D eigenvalue weighted by Crippen LogP contribution is -2.68. The molecule has 6 heteroatoms. The fourth-order valence-corrected chi connectivity index (χ4v) is 3.99. The minimum Gasteiger partial charge on any atom is -0.394 e. The molecule has 29 heavy (non-hydrogen) atoms. The Morgan fingerprint density at radius 3 is 2.41 bits per heavy atom. The molecule has 2 N–H and O–H groups in total. The third-order valence-corrected chi connectivity index (χ3v) is 5.42. The molecule has 0 radical (unpaired) electrons. The van der Waals surface area contributed by atoms with E-state index in [1.807, 2.05) is 50.3 Å². The van der Waals surface area contributed by atoms with E-state index in [2.05, 4.69) is 10.3 Å². The van der Waals surface area contributed by atoms with Gasteiger partial charge in [0, 0.05) is 36.8 Å². The van der Waals surface area contributed by atoms with Crippen molar-refractivity contribution in [1.82, 2.24) is 15.2 Å². The van der Waals surface area contributed by atoms with Gasteiger partial charge in [-0.2, -0.15) is 0 Å². The summed E-state index contributed by atoms with van der Waals surface area (Å²) in [4.78, 5) is 30.6. The molecule has 2 amide bonds. The van der Waals surface area contributed by atoms with Gasteiger partial charge in [0.05, 0.1) is 18.7 Å². The number of amides is 2. The Labute approximate surface area is 171 Å². The van der Waals surface area contributed by atoms with Crippen LogP contribution in [0.1, 0.15) is 47.7 Å². The average molecular weight is 393 g/mol. The molecule has 3 atom stereocenters. The van der Waals surface area contributed by atoms with Gasteiger partial charge >= 0.3 is 0 Å². The molecule has 0 spiro atoms. The minimum absolute atomic E-state index is 0.0194. The summed E-state index contributed by atoms with van der Waals surface area (Å²) in [6.07, 6.45) is 7.50. The van der Waals surface area contributed by atoms with E-state index in [4.69, 9.17) is 0 Å². The highest BCUT2D eigenvalue weighted by atomic mass is 16.3. The van der Waals surface area contributed by atoms with E-state index in [1.165, 1.54) is 0 Å². The van der Waals surface area contributed by atoms with Crippen LogP contribution in [0.5, 0.6) is 0 Å². The molecule has 0 aliphatic carbocycles. The Hall–Kier alpha value is -2.99. The molecule has 1 aliphatic heterocycles. The largest absolute Gasteiger partial charge is 0.394 e. The monoisotopic (exact) mass is 393 g/mol. The van der Waals surface area contributed by atoms with E-state index >= 15 is 0 Å². The van der Waals surface area contributed by atoms with Crippen LogP contribution in [0.3, 0.4) is 0 Å². The number of nitrogens with one attached hydrogen (secondary N) is 1. The number of nitrogens with zero attached hydrogens (tertiary/aromatic N) is 2. The zero-order valence-electron chi connectivity index (χ0n) is 16.8. The number of benzene rings is 1. The zero-order chi connectivity index (χ0) is 20.8. The van der Waals surface area contributed by atoms with Crippen LogP contribution in [0.25, 0.3) is 6.08 Å². The van der Waals surface area contributed by atoms with Gasteiger partial charge in [0.1, 0.15) is 0 Å². The van der Waals surface area contributed by atoms with E-state index in [-0.39, 0.29) is 36.4 Å². The Kier molecular flexibility index (Phi) is 6.77. The fourth-order valence-electron chi connectivity index (χ4n) is 3.99. The summed E-state index contributed by atoms with van der Waals surface area (Å²) in [6, 6.07) is 11.0. The highest BCUT2D eigenvalue weighted by Crippen LogP contribution is 2.41. The molecule has 152 valence electrons. The first-order valence-electron chi connectivity index (χ1n) is 9.93. The van der Waals surface area contributed by atoms with Crippen molar-refractivity contribution in [3.05, 3.63) is 71.6 Å². The van der Waals surface area contributed by atoms with Crippen molar-refractivity contribution in [2.45, 2.75) is 38.3 Å². The first-order chi connectivity index (χ1) is 14.1. The summed E-state index contributed by atoms with van der Waals surface area (Å²) < 4.78 is 0. The summed E-state index contributed by atoms with van der Waals surface area (Å²) in [7, 11) is 0. The third-order valence-electron chi connectivity index (χ3n) is 5.42. The van der Waals surface area contributed by atoms with Gasteiger partial charge in [-0.1, -0.05) is 43.3 Å². The third kappa shape index (κ3) is 4.38. The van der Waals surface area contributed by atoms with E-state index < -0.39 is 0 Å². The van der Waals surface area contributed by atoms with Crippen LogP contribution in [0, 0.1) is 0 Å².